The Bertz CT molecular complexity index is 871. The Kier molecular flexibility index (Phi) is 8.34. The molecule has 0 unspecified atom stereocenters. The van der Waals surface area contributed by atoms with E-state index in [0.717, 1.165) is 75.4 Å². The maximum atomic E-state index is 5.76. The summed E-state index contributed by atoms with van der Waals surface area (Å²) in [4.78, 5) is 14.2. The monoisotopic (exact) mass is 443 g/mol. The van der Waals surface area contributed by atoms with Crippen molar-refractivity contribution in [3.8, 4) is 0 Å². The van der Waals surface area contributed by atoms with Crippen LogP contribution < -0.4 is 5.32 Å². The second-order valence-corrected chi connectivity index (χ2v) is 9.39. The van der Waals surface area contributed by atoms with Crippen LogP contribution in [0.4, 0.5) is 0 Å². The van der Waals surface area contributed by atoms with Crippen LogP contribution in [0.15, 0.2) is 15.6 Å². The van der Waals surface area contributed by atoms with E-state index in [2.05, 4.69) is 59.2 Å². The highest BCUT2D eigenvalue weighted by atomic mass is 16.4. The average molecular weight is 444 g/mol. The SMILES string of the molecule is CCNC(=NCC1CCN(Cc2nc(C)c(C)o2)CC1)N(C)Cc1cn(C)nc1C(C)C. The van der Waals surface area contributed by atoms with E-state index in [4.69, 9.17) is 9.41 Å². The molecule has 2 aromatic rings. The number of hydrogen-bond donors (Lipinski definition) is 1. The van der Waals surface area contributed by atoms with Crippen molar-refractivity contribution in [2.75, 3.05) is 33.2 Å². The summed E-state index contributed by atoms with van der Waals surface area (Å²) >= 11 is 0. The third kappa shape index (κ3) is 6.34. The number of oxazole rings is 1. The number of aliphatic imine (C=N–C) groups is 1. The maximum absolute atomic E-state index is 5.76. The van der Waals surface area contributed by atoms with Gasteiger partial charge in [-0.1, -0.05) is 13.8 Å². The first-order chi connectivity index (χ1) is 15.3. The van der Waals surface area contributed by atoms with Gasteiger partial charge in [-0.2, -0.15) is 5.10 Å². The lowest BCUT2D eigenvalue weighted by atomic mass is 9.97. The van der Waals surface area contributed by atoms with Crippen molar-refractivity contribution >= 4 is 5.96 Å². The predicted molar refractivity (Wildman–Crippen MR) is 129 cm³/mol. The van der Waals surface area contributed by atoms with Gasteiger partial charge in [-0.25, -0.2) is 4.98 Å². The van der Waals surface area contributed by atoms with E-state index in [1.54, 1.807) is 0 Å². The summed E-state index contributed by atoms with van der Waals surface area (Å²) in [5.74, 6) is 3.76. The fraction of sp³-hybridized carbons (Fsp3) is 0.708. The molecule has 0 aromatic carbocycles. The Morgan fingerprint density at radius 2 is 2.03 bits per heavy atom. The van der Waals surface area contributed by atoms with Gasteiger partial charge in [0.2, 0.25) is 5.89 Å². The lowest BCUT2D eigenvalue weighted by molar-refractivity contribution is 0.166. The van der Waals surface area contributed by atoms with E-state index in [0.29, 0.717) is 11.8 Å². The Morgan fingerprint density at radius 1 is 1.31 bits per heavy atom. The van der Waals surface area contributed by atoms with Gasteiger partial charge in [0.25, 0.3) is 0 Å². The summed E-state index contributed by atoms with van der Waals surface area (Å²) in [6.45, 7) is 16.0. The Labute approximate surface area is 193 Å². The van der Waals surface area contributed by atoms with Crippen LogP contribution in [-0.2, 0) is 20.1 Å². The van der Waals surface area contributed by atoms with Gasteiger partial charge in [0.15, 0.2) is 5.96 Å². The van der Waals surface area contributed by atoms with Gasteiger partial charge in [-0.3, -0.25) is 14.6 Å². The highest BCUT2D eigenvalue weighted by Gasteiger charge is 2.21. The van der Waals surface area contributed by atoms with Gasteiger partial charge in [-0.15, -0.1) is 0 Å². The molecular weight excluding hydrogens is 402 g/mol. The first kappa shape index (κ1) is 24.3. The zero-order valence-electron chi connectivity index (χ0n) is 21.0. The van der Waals surface area contributed by atoms with Crippen molar-refractivity contribution in [3.05, 3.63) is 34.8 Å². The maximum Gasteiger partial charge on any atom is 0.208 e. The number of nitrogens with one attached hydrogen (secondary N) is 1. The Balaban J connectivity index is 1.53. The number of guanidine groups is 1. The van der Waals surface area contributed by atoms with E-state index in [-0.39, 0.29) is 0 Å². The van der Waals surface area contributed by atoms with Crippen LogP contribution in [0.2, 0.25) is 0 Å². The van der Waals surface area contributed by atoms with Crippen molar-refractivity contribution in [2.45, 2.75) is 66.5 Å². The highest BCUT2D eigenvalue weighted by Crippen LogP contribution is 2.21. The molecule has 32 heavy (non-hydrogen) atoms. The standard InChI is InChI=1S/C24H41N7O/c1-8-25-24(29(6)14-21-15-30(7)28-23(21)17(2)3)26-13-20-9-11-31(12-10-20)16-22-27-18(4)19(5)32-22/h15,17,20H,8-14,16H2,1-7H3,(H,25,26). The molecule has 0 spiro atoms. The molecule has 0 radical (unpaired) electrons. The van der Waals surface area contributed by atoms with E-state index < -0.39 is 0 Å². The molecule has 0 aliphatic carbocycles. The van der Waals surface area contributed by atoms with Crippen molar-refractivity contribution < 1.29 is 4.42 Å². The summed E-state index contributed by atoms with van der Waals surface area (Å²) in [5.41, 5.74) is 3.43. The van der Waals surface area contributed by atoms with Crippen LogP contribution in [0.1, 0.15) is 68.1 Å². The third-order valence-electron chi connectivity index (χ3n) is 6.23. The molecule has 0 amide bonds. The second kappa shape index (κ2) is 11.0. The molecular formula is C24H41N7O. The van der Waals surface area contributed by atoms with Crippen LogP contribution in [0.5, 0.6) is 0 Å². The molecule has 1 saturated heterocycles. The minimum atomic E-state index is 0.411. The molecule has 2 aromatic heterocycles. The van der Waals surface area contributed by atoms with Gasteiger partial charge in [-0.05, 0) is 58.5 Å². The molecule has 8 heteroatoms. The fourth-order valence-electron chi connectivity index (χ4n) is 4.30. The van der Waals surface area contributed by atoms with Gasteiger partial charge in [0, 0.05) is 45.5 Å². The Hall–Kier alpha value is -2.35. The topological polar surface area (TPSA) is 74.7 Å². The highest BCUT2D eigenvalue weighted by molar-refractivity contribution is 5.79. The first-order valence-electron chi connectivity index (χ1n) is 11.9. The zero-order chi connectivity index (χ0) is 23.3. The Morgan fingerprint density at radius 3 is 2.62 bits per heavy atom. The van der Waals surface area contributed by atoms with Crippen molar-refractivity contribution in [1.29, 1.82) is 0 Å². The fourth-order valence-corrected chi connectivity index (χ4v) is 4.30. The second-order valence-electron chi connectivity index (χ2n) is 9.39. The lowest BCUT2D eigenvalue weighted by Gasteiger charge is -2.30. The van der Waals surface area contributed by atoms with Gasteiger partial charge in [0.1, 0.15) is 5.76 Å². The van der Waals surface area contributed by atoms with Crippen molar-refractivity contribution in [1.82, 2.24) is 29.9 Å². The summed E-state index contributed by atoms with van der Waals surface area (Å²) in [7, 11) is 4.10. The van der Waals surface area contributed by atoms with Crippen molar-refractivity contribution in [2.24, 2.45) is 18.0 Å². The number of piperidine rings is 1. The number of rotatable bonds is 8. The number of aromatic nitrogens is 3. The minimum absolute atomic E-state index is 0.411. The van der Waals surface area contributed by atoms with E-state index in [9.17, 15) is 0 Å². The summed E-state index contributed by atoms with van der Waals surface area (Å²) in [5, 5.41) is 8.11. The number of nitrogens with zero attached hydrogens (tertiary/aromatic N) is 6. The largest absolute Gasteiger partial charge is 0.444 e. The molecule has 3 rings (SSSR count). The molecule has 0 atom stereocenters. The van der Waals surface area contributed by atoms with Crippen LogP contribution in [0.25, 0.3) is 0 Å². The predicted octanol–water partition coefficient (Wildman–Crippen LogP) is 3.46. The molecule has 0 saturated carbocycles. The van der Waals surface area contributed by atoms with E-state index >= 15 is 0 Å². The molecule has 1 aliphatic rings. The summed E-state index contributed by atoms with van der Waals surface area (Å²) in [6, 6.07) is 0. The quantitative estimate of drug-likeness (QED) is 0.497. The normalized spacial score (nSPS) is 16.2. The molecule has 1 fully saturated rings. The van der Waals surface area contributed by atoms with Crippen LogP contribution in [0.3, 0.4) is 0 Å². The minimum Gasteiger partial charge on any atom is -0.444 e. The number of likely N-dealkylation sites (tertiary alicyclic amines) is 1. The van der Waals surface area contributed by atoms with Crippen LogP contribution in [0, 0.1) is 19.8 Å². The van der Waals surface area contributed by atoms with Crippen molar-refractivity contribution in [3.63, 3.8) is 0 Å². The van der Waals surface area contributed by atoms with Crippen LogP contribution in [-0.4, -0.2) is 63.8 Å². The average Bonchev–Trinajstić information content (AvgIpc) is 3.27. The van der Waals surface area contributed by atoms with Crippen LogP contribution >= 0.6 is 0 Å². The van der Waals surface area contributed by atoms with E-state index in [1.165, 1.54) is 11.3 Å². The first-order valence-corrected chi connectivity index (χ1v) is 11.9. The van der Waals surface area contributed by atoms with Gasteiger partial charge < -0.3 is 14.6 Å². The number of aryl methyl sites for hydroxylation is 3. The lowest BCUT2D eigenvalue weighted by Crippen LogP contribution is -2.39. The van der Waals surface area contributed by atoms with Gasteiger partial charge >= 0.3 is 0 Å². The van der Waals surface area contributed by atoms with E-state index in [1.807, 2.05) is 25.6 Å². The zero-order valence-corrected chi connectivity index (χ0v) is 21.0. The smallest absolute Gasteiger partial charge is 0.208 e. The number of hydrogen-bond acceptors (Lipinski definition) is 5. The molecule has 178 valence electrons. The molecule has 8 nitrogen and oxygen atoms in total. The third-order valence-corrected chi connectivity index (χ3v) is 6.23. The molecule has 3 heterocycles. The molecule has 1 N–H and O–H groups in total. The molecule has 0 bridgehead atoms. The van der Waals surface area contributed by atoms with Gasteiger partial charge in [0.05, 0.1) is 17.9 Å². The molecule has 1 aliphatic heterocycles. The summed E-state index contributed by atoms with van der Waals surface area (Å²) < 4.78 is 7.67. The summed E-state index contributed by atoms with van der Waals surface area (Å²) in [6.07, 6.45) is 4.44.